The number of rotatable bonds is 4. The predicted molar refractivity (Wildman–Crippen MR) is 104 cm³/mol. The van der Waals surface area contributed by atoms with E-state index in [1.807, 2.05) is 18.2 Å². The summed E-state index contributed by atoms with van der Waals surface area (Å²) >= 11 is 0. The molecular formula is C22H18N2O4. The lowest BCUT2D eigenvalue weighted by Gasteiger charge is -2.10. The fourth-order valence-corrected chi connectivity index (χ4v) is 3.46. The maximum atomic E-state index is 12.5. The number of carbonyl (C=O) groups is 3. The molecule has 0 heterocycles. The standard InChI is InChI=1S/C22H18N2O4/c25-19(23-24-21(26)16-5-2-1-3-6-16)13-28-22(27)18-12-11-15-10-9-14-7-4-8-17(18)20(14)15/h1-8,11-12H,9-10,13H2,(H,23,25)(H,24,26). The van der Waals surface area contributed by atoms with Gasteiger partial charge in [-0.05, 0) is 52.9 Å². The van der Waals surface area contributed by atoms with Crippen LogP contribution in [0.3, 0.4) is 0 Å². The molecule has 0 aromatic heterocycles. The molecule has 1 aliphatic carbocycles. The van der Waals surface area contributed by atoms with Gasteiger partial charge in [-0.15, -0.1) is 0 Å². The van der Waals surface area contributed by atoms with Gasteiger partial charge in [0.25, 0.3) is 11.8 Å². The van der Waals surface area contributed by atoms with Crippen LogP contribution in [0.1, 0.15) is 31.8 Å². The third kappa shape index (κ3) is 3.44. The van der Waals surface area contributed by atoms with E-state index in [9.17, 15) is 14.4 Å². The van der Waals surface area contributed by atoms with E-state index in [2.05, 4.69) is 16.9 Å². The first-order valence-corrected chi connectivity index (χ1v) is 8.98. The van der Waals surface area contributed by atoms with Gasteiger partial charge >= 0.3 is 5.97 Å². The van der Waals surface area contributed by atoms with E-state index >= 15 is 0 Å². The van der Waals surface area contributed by atoms with Crippen LogP contribution in [0.5, 0.6) is 0 Å². The Morgan fingerprint density at radius 2 is 1.57 bits per heavy atom. The van der Waals surface area contributed by atoms with Gasteiger partial charge in [0.2, 0.25) is 0 Å². The second-order valence-electron chi connectivity index (χ2n) is 6.56. The zero-order valence-electron chi connectivity index (χ0n) is 15.0. The third-order valence-electron chi connectivity index (χ3n) is 4.78. The smallest absolute Gasteiger partial charge is 0.339 e. The molecule has 0 saturated carbocycles. The maximum absolute atomic E-state index is 12.5. The maximum Gasteiger partial charge on any atom is 0.339 e. The second-order valence-corrected chi connectivity index (χ2v) is 6.56. The lowest BCUT2D eigenvalue weighted by molar-refractivity contribution is -0.125. The van der Waals surface area contributed by atoms with Crippen LogP contribution < -0.4 is 10.9 Å². The topological polar surface area (TPSA) is 84.5 Å². The Hall–Kier alpha value is -3.67. The molecule has 0 spiro atoms. The monoisotopic (exact) mass is 374 g/mol. The van der Waals surface area contributed by atoms with E-state index in [0.717, 1.165) is 23.6 Å². The molecule has 2 amide bonds. The fourth-order valence-electron chi connectivity index (χ4n) is 3.46. The highest BCUT2D eigenvalue weighted by Gasteiger charge is 2.20. The molecule has 6 heteroatoms. The summed E-state index contributed by atoms with van der Waals surface area (Å²) in [4.78, 5) is 36.3. The normalized spacial score (nSPS) is 11.9. The minimum atomic E-state index is -0.622. The second kappa shape index (κ2) is 7.52. The predicted octanol–water partition coefficient (Wildman–Crippen LogP) is 2.56. The van der Waals surface area contributed by atoms with Crippen molar-refractivity contribution in [2.75, 3.05) is 6.61 Å². The lowest BCUT2D eigenvalue weighted by atomic mass is 10.00. The van der Waals surface area contributed by atoms with Crippen LogP contribution in [0, 0.1) is 0 Å². The Morgan fingerprint density at radius 3 is 2.36 bits per heavy atom. The van der Waals surface area contributed by atoms with Crippen molar-refractivity contribution >= 4 is 28.6 Å². The van der Waals surface area contributed by atoms with Crippen molar-refractivity contribution in [1.29, 1.82) is 0 Å². The minimum Gasteiger partial charge on any atom is -0.452 e. The summed E-state index contributed by atoms with van der Waals surface area (Å²) in [6.07, 6.45) is 1.93. The molecule has 2 N–H and O–H groups in total. The van der Waals surface area contributed by atoms with Crippen LogP contribution in [0.2, 0.25) is 0 Å². The number of amides is 2. The number of carbonyl (C=O) groups excluding carboxylic acids is 3. The quantitative estimate of drug-likeness (QED) is 0.543. The Balaban J connectivity index is 1.37. The van der Waals surface area contributed by atoms with Crippen LogP contribution in [0.4, 0.5) is 0 Å². The first-order valence-electron chi connectivity index (χ1n) is 8.98. The number of aryl methyl sites for hydroxylation is 2. The van der Waals surface area contributed by atoms with Crippen LogP contribution >= 0.6 is 0 Å². The highest BCUT2D eigenvalue weighted by Crippen LogP contribution is 2.32. The minimum absolute atomic E-state index is 0.410. The number of nitrogens with one attached hydrogen (secondary N) is 2. The summed E-state index contributed by atoms with van der Waals surface area (Å²) in [7, 11) is 0. The molecule has 0 fully saturated rings. The van der Waals surface area contributed by atoms with Crippen molar-refractivity contribution in [2.24, 2.45) is 0 Å². The van der Waals surface area contributed by atoms with Crippen molar-refractivity contribution in [3.05, 3.63) is 82.9 Å². The van der Waals surface area contributed by atoms with Crippen LogP contribution in [0.25, 0.3) is 10.8 Å². The average molecular weight is 374 g/mol. The van der Waals surface area contributed by atoms with E-state index in [1.54, 1.807) is 36.4 Å². The number of benzene rings is 3. The van der Waals surface area contributed by atoms with E-state index in [0.29, 0.717) is 11.1 Å². The number of hydrogen-bond donors (Lipinski definition) is 2. The van der Waals surface area contributed by atoms with Gasteiger partial charge in [0.1, 0.15) is 0 Å². The molecule has 0 bridgehead atoms. The fraction of sp³-hybridized carbons (Fsp3) is 0.136. The largest absolute Gasteiger partial charge is 0.452 e. The molecule has 3 aromatic carbocycles. The summed E-state index contributed by atoms with van der Waals surface area (Å²) in [5.74, 6) is -1.64. The zero-order valence-corrected chi connectivity index (χ0v) is 15.0. The number of esters is 1. The third-order valence-corrected chi connectivity index (χ3v) is 4.78. The molecular weight excluding hydrogens is 356 g/mol. The molecule has 0 unspecified atom stereocenters. The number of ether oxygens (including phenoxy) is 1. The highest BCUT2D eigenvalue weighted by atomic mass is 16.5. The molecule has 4 rings (SSSR count). The van der Waals surface area contributed by atoms with Gasteiger partial charge in [-0.2, -0.15) is 0 Å². The Kier molecular flexibility index (Phi) is 4.76. The van der Waals surface area contributed by atoms with Crippen molar-refractivity contribution in [2.45, 2.75) is 12.8 Å². The summed E-state index contributed by atoms with van der Waals surface area (Å²) in [6.45, 7) is -0.489. The van der Waals surface area contributed by atoms with Crippen molar-refractivity contribution in [1.82, 2.24) is 10.9 Å². The van der Waals surface area contributed by atoms with Gasteiger partial charge in [0.15, 0.2) is 6.61 Å². The van der Waals surface area contributed by atoms with E-state index < -0.39 is 24.4 Å². The summed E-state index contributed by atoms with van der Waals surface area (Å²) in [5.41, 5.74) is 7.82. The van der Waals surface area contributed by atoms with Crippen LogP contribution in [-0.4, -0.2) is 24.4 Å². The summed E-state index contributed by atoms with van der Waals surface area (Å²) < 4.78 is 5.13. The Labute approximate surface area is 161 Å². The molecule has 6 nitrogen and oxygen atoms in total. The molecule has 0 aliphatic heterocycles. The van der Waals surface area contributed by atoms with E-state index in [4.69, 9.17) is 4.74 Å². The molecule has 0 atom stereocenters. The molecule has 28 heavy (non-hydrogen) atoms. The molecule has 3 aromatic rings. The van der Waals surface area contributed by atoms with Gasteiger partial charge in [-0.3, -0.25) is 20.4 Å². The number of hydrogen-bond acceptors (Lipinski definition) is 4. The summed E-state index contributed by atoms with van der Waals surface area (Å²) in [6, 6.07) is 18.0. The molecule has 0 radical (unpaired) electrons. The average Bonchev–Trinajstić information content (AvgIpc) is 3.16. The molecule has 1 aliphatic rings. The summed E-state index contributed by atoms with van der Waals surface area (Å²) in [5, 5.41) is 1.95. The van der Waals surface area contributed by atoms with Crippen molar-refractivity contribution < 1.29 is 19.1 Å². The van der Waals surface area contributed by atoms with Gasteiger partial charge in [-0.1, -0.05) is 42.5 Å². The molecule has 0 saturated heterocycles. The molecule has 140 valence electrons. The Morgan fingerprint density at radius 1 is 0.821 bits per heavy atom. The first kappa shape index (κ1) is 17.7. The Bertz CT molecular complexity index is 1070. The zero-order chi connectivity index (χ0) is 19.5. The first-order chi connectivity index (χ1) is 13.6. The van der Waals surface area contributed by atoms with Gasteiger partial charge in [-0.25, -0.2) is 4.79 Å². The van der Waals surface area contributed by atoms with Crippen LogP contribution in [0.15, 0.2) is 60.7 Å². The SMILES string of the molecule is O=C(COC(=O)c1ccc2c3c(cccc13)CC2)NNC(=O)c1ccccc1. The van der Waals surface area contributed by atoms with Gasteiger partial charge in [0, 0.05) is 5.56 Å². The van der Waals surface area contributed by atoms with Crippen molar-refractivity contribution in [3.8, 4) is 0 Å². The van der Waals surface area contributed by atoms with Gasteiger partial charge in [0.05, 0.1) is 5.56 Å². The van der Waals surface area contributed by atoms with E-state index in [-0.39, 0.29) is 0 Å². The highest BCUT2D eigenvalue weighted by molar-refractivity contribution is 6.07. The van der Waals surface area contributed by atoms with Crippen LogP contribution in [-0.2, 0) is 22.4 Å². The lowest BCUT2D eigenvalue weighted by Crippen LogP contribution is -2.43. The number of hydrazine groups is 1. The van der Waals surface area contributed by atoms with Gasteiger partial charge < -0.3 is 4.74 Å². The van der Waals surface area contributed by atoms with E-state index in [1.165, 1.54) is 11.1 Å². The van der Waals surface area contributed by atoms with Crippen molar-refractivity contribution in [3.63, 3.8) is 0 Å².